The van der Waals surface area contributed by atoms with E-state index in [0.29, 0.717) is 11.3 Å². The van der Waals surface area contributed by atoms with Gasteiger partial charge in [0, 0.05) is 0 Å². The van der Waals surface area contributed by atoms with E-state index in [0.717, 1.165) is 18.4 Å². The lowest BCUT2D eigenvalue weighted by molar-refractivity contribution is 0.0734. The molecule has 0 saturated heterocycles. The number of hydrogen-bond donors (Lipinski definition) is 0. The van der Waals surface area contributed by atoms with Crippen molar-refractivity contribution in [1.82, 2.24) is 0 Å². The summed E-state index contributed by atoms with van der Waals surface area (Å²) in [6.07, 6.45) is 1.95. The van der Waals surface area contributed by atoms with Gasteiger partial charge in [-0.15, -0.1) is 0 Å². The van der Waals surface area contributed by atoms with E-state index in [1.54, 1.807) is 0 Å². The maximum absolute atomic E-state index is 12.2. The number of esters is 1. The molecule has 0 spiro atoms. The maximum atomic E-state index is 12.2. The van der Waals surface area contributed by atoms with Crippen molar-refractivity contribution < 1.29 is 9.53 Å². The lowest BCUT2D eigenvalue weighted by atomic mass is 10.0. The third-order valence-electron chi connectivity index (χ3n) is 4.24. The first-order chi connectivity index (χ1) is 12.1. The fourth-order valence-corrected chi connectivity index (χ4v) is 2.62. The Hall–Kier alpha value is -2.87. The molecule has 0 fully saturated rings. The molecule has 2 heteroatoms. The summed E-state index contributed by atoms with van der Waals surface area (Å²) in [5.41, 5.74) is 5.53. The summed E-state index contributed by atoms with van der Waals surface area (Å²) >= 11 is 0. The van der Waals surface area contributed by atoms with Crippen LogP contribution in [0.25, 0.3) is 0 Å². The highest BCUT2D eigenvalue weighted by molar-refractivity contribution is 5.91. The van der Waals surface area contributed by atoms with Crippen LogP contribution in [-0.4, -0.2) is 5.97 Å². The minimum absolute atomic E-state index is 0.325. The minimum Gasteiger partial charge on any atom is -0.423 e. The molecule has 0 aliphatic carbocycles. The summed E-state index contributed by atoms with van der Waals surface area (Å²) in [5.74, 6) is 0.244. The van der Waals surface area contributed by atoms with Gasteiger partial charge in [0.05, 0.1) is 5.56 Å². The number of rotatable bonds is 5. The number of carbonyl (C=O) groups is 1. The first-order valence-corrected chi connectivity index (χ1v) is 8.53. The van der Waals surface area contributed by atoms with E-state index in [4.69, 9.17) is 4.74 Å². The van der Waals surface area contributed by atoms with Crippen molar-refractivity contribution in [2.45, 2.75) is 26.7 Å². The quantitative estimate of drug-likeness (QED) is 0.468. The fourth-order valence-electron chi connectivity index (χ4n) is 2.62. The van der Waals surface area contributed by atoms with Gasteiger partial charge in [0.1, 0.15) is 5.75 Å². The largest absolute Gasteiger partial charge is 0.423 e. The smallest absolute Gasteiger partial charge is 0.343 e. The van der Waals surface area contributed by atoms with E-state index in [1.165, 1.54) is 16.7 Å². The highest BCUT2D eigenvalue weighted by Gasteiger charge is 2.08. The van der Waals surface area contributed by atoms with Crippen LogP contribution < -0.4 is 4.74 Å². The first kappa shape index (κ1) is 17.0. The summed E-state index contributed by atoms with van der Waals surface area (Å²) in [7, 11) is 0. The van der Waals surface area contributed by atoms with Crippen molar-refractivity contribution in [2.75, 3.05) is 0 Å². The lowest BCUT2D eigenvalue weighted by Crippen LogP contribution is -2.08. The van der Waals surface area contributed by atoms with Crippen molar-refractivity contribution in [1.29, 1.82) is 0 Å². The van der Waals surface area contributed by atoms with Crippen LogP contribution >= 0.6 is 0 Å². The SMILES string of the molecule is Cc1ccc(CCc2ccc(C(=O)Oc3ccc(C)cc3)cc2)cc1. The molecule has 3 aromatic carbocycles. The number of hydrogen-bond acceptors (Lipinski definition) is 2. The van der Waals surface area contributed by atoms with Gasteiger partial charge in [0.2, 0.25) is 0 Å². The van der Waals surface area contributed by atoms with Gasteiger partial charge in [-0.05, 0) is 62.1 Å². The van der Waals surface area contributed by atoms with Crippen LogP contribution in [0.4, 0.5) is 0 Å². The molecular formula is C23H22O2. The van der Waals surface area contributed by atoms with Crippen LogP contribution in [0.5, 0.6) is 5.75 Å². The van der Waals surface area contributed by atoms with E-state index < -0.39 is 0 Å². The minimum atomic E-state index is -0.325. The van der Waals surface area contributed by atoms with Gasteiger partial charge in [-0.2, -0.15) is 0 Å². The summed E-state index contributed by atoms with van der Waals surface area (Å²) in [5, 5.41) is 0. The molecule has 0 amide bonds. The maximum Gasteiger partial charge on any atom is 0.343 e. The molecule has 0 atom stereocenters. The topological polar surface area (TPSA) is 26.3 Å². The summed E-state index contributed by atoms with van der Waals surface area (Å²) < 4.78 is 5.40. The molecule has 3 aromatic rings. The third-order valence-corrected chi connectivity index (χ3v) is 4.24. The molecule has 0 heterocycles. The van der Waals surface area contributed by atoms with Gasteiger partial charge >= 0.3 is 5.97 Å². The van der Waals surface area contributed by atoms with Crippen LogP contribution in [0.1, 0.15) is 32.6 Å². The molecule has 0 saturated carbocycles. The van der Waals surface area contributed by atoms with Gasteiger partial charge in [0.15, 0.2) is 0 Å². The molecule has 0 radical (unpaired) electrons. The second-order valence-electron chi connectivity index (χ2n) is 6.39. The van der Waals surface area contributed by atoms with Crippen LogP contribution in [0.3, 0.4) is 0 Å². The zero-order chi connectivity index (χ0) is 17.6. The molecule has 0 aromatic heterocycles. The van der Waals surface area contributed by atoms with Gasteiger partial charge in [0.25, 0.3) is 0 Å². The Balaban J connectivity index is 1.58. The molecular weight excluding hydrogens is 308 g/mol. The number of carbonyl (C=O) groups excluding carboxylic acids is 1. The predicted molar refractivity (Wildman–Crippen MR) is 101 cm³/mol. The average Bonchev–Trinajstić information content (AvgIpc) is 2.63. The average molecular weight is 330 g/mol. The molecule has 0 aliphatic rings. The molecule has 0 unspecified atom stereocenters. The van der Waals surface area contributed by atoms with Crippen molar-refractivity contribution >= 4 is 5.97 Å². The second kappa shape index (κ2) is 7.80. The van der Waals surface area contributed by atoms with Crippen LogP contribution in [-0.2, 0) is 12.8 Å². The highest BCUT2D eigenvalue weighted by Crippen LogP contribution is 2.15. The monoisotopic (exact) mass is 330 g/mol. The normalized spacial score (nSPS) is 10.5. The molecule has 3 rings (SSSR count). The van der Waals surface area contributed by atoms with Crippen molar-refractivity contribution in [2.24, 2.45) is 0 Å². The Morgan fingerprint density at radius 3 is 1.64 bits per heavy atom. The Bertz CT molecular complexity index is 829. The van der Waals surface area contributed by atoms with E-state index in [9.17, 15) is 4.79 Å². The van der Waals surface area contributed by atoms with E-state index in [2.05, 4.69) is 31.2 Å². The Morgan fingerprint density at radius 1 is 0.680 bits per heavy atom. The van der Waals surface area contributed by atoms with Gasteiger partial charge in [-0.3, -0.25) is 0 Å². The van der Waals surface area contributed by atoms with Crippen LogP contribution in [0.2, 0.25) is 0 Å². The molecule has 126 valence electrons. The standard InChI is InChI=1S/C23H22O2/c1-17-3-7-19(8-4-17)9-10-20-11-13-21(14-12-20)23(24)25-22-15-5-18(2)6-16-22/h3-8,11-16H,9-10H2,1-2H3. The summed E-state index contributed by atoms with van der Waals surface area (Å²) in [4.78, 5) is 12.2. The van der Waals surface area contributed by atoms with Gasteiger partial charge in [-0.25, -0.2) is 4.79 Å². The number of benzene rings is 3. The molecule has 25 heavy (non-hydrogen) atoms. The molecule has 0 N–H and O–H groups in total. The summed E-state index contributed by atoms with van der Waals surface area (Å²) in [6.45, 7) is 4.10. The fraction of sp³-hybridized carbons (Fsp3) is 0.174. The van der Waals surface area contributed by atoms with Gasteiger partial charge in [-0.1, -0.05) is 59.7 Å². The molecule has 0 bridgehead atoms. The Labute approximate surface area is 149 Å². The Kier molecular flexibility index (Phi) is 5.30. The van der Waals surface area contributed by atoms with E-state index in [-0.39, 0.29) is 5.97 Å². The Morgan fingerprint density at radius 2 is 1.12 bits per heavy atom. The third kappa shape index (κ3) is 4.80. The predicted octanol–water partition coefficient (Wildman–Crippen LogP) is 5.31. The number of ether oxygens (including phenoxy) is 1. The van der Waals surface area contributed by atoms with E-state index in [1.807, 2.05) is 55.5 Å². The van der Waals surface area contributed by atoms with Crippen molar-refractivity contribution in [3.63, 3.8) is 0 Å². The molecule has 0 aliphatic heterocycles. The zero-order valence-electron chi connectivity index (χ0n) is 14.7. The van der Waals surface area contributed by atoms with Crippen molar-refractivity contribution in [3.8, 4) is 5.75 Å². The number of aryl methyl sites for hydroxylation is 4. The van der Waals surface area contributed by atoms with Crippen LogP contribution in [0.15, 0.2) is 72.8 Å². The second-order valence-corrected chi connectivity index (χ2v) is 6.39. The lowest BCUT2D eigenvalue weighted by Gasteiger charge is -2.06. The van der Waals surface area contributed by atoms with Gasteiger partial charge < -0.3 is 4.74 Å². The highest BCUT2D eigenvalue weighted by atomic mass is 16.5. The van der Waals surface area contributed by atoms with E-state index >= 15 is 0 Å². The summed E-state index contributed by atoms with van der Waals surface area (Å²) in [6, 6.07) is 23.8. The zero-order valence-corrected chi connectivity index (χ0v) is 14.7. The molecule has 2 nitrogen and oxygen atoms in total. The van der Waals surface area contributed by atoms with Crippen LogP contribution in [0, 0.1) is 13.8 Å². The first-order valence-electron chi connectivity index (χ1n) is 8.53. The van der Waals surface area contributed by atoms with Crippen molar-refractivity contribution in [3.05, 3.63) is 101 Å².